The number of nitrogens with zero attached hydrogens (tertiary/aromatic N) is 5. The van der Waals surface area contributed by atoms with E-state index in [0.717, 1.165) is 54.3 Å². The summed E-state index contributed by atoms with van der Waals surface area (Å²) in [5.74, 6) is 0. The molecule has 1 aliphatic rings. The highest BCUT2D eigenvalue weighted by Gasteiger charge is 2.17. The van der Waals surface area contributed by atoms with Crippen LogP contribution in [-0.2, 0) is 11.3 Å². The van der Waals surface area contributed by atoms with E-state index in [1.165, 1.54) is 11.3 Å². The standard InChI is InChI=1S/C17H21N5O2S/c1-20(2)12-3-4-18-16-13(12)14-15(25-16)17(23)22(11-19-14)6-5-21-7-9-24-10-8-21/h3-4,11H,5-10H2,1-2H3. The first-order valence-corrected chi connectivity index (χ1v) is 9.21. The van der Waals surface area contributed by atoms with Gasteiger partial charge in [-0.3, -0.25) is 14.3 Å². The Morgan fingerprint density at radius 2 is 2.04 bits per heavy atom. The predicted molar refractivity (Wildman–Crippen MR) is 101 cm³/mol. The number of rotatable bonds is 4. The van der Waals surface area contributed by atoms with Gasteiger partial charge in [-0.1, -0.05) is 0 Å². The Bertz CT molecular complexity index is 959. The summed E-state index contributed by atoms with van der Waals surface area (Å²) in [5.41, 5.74) is 1.81. The first kappa shape index (κ1) is 16.4. The van der Waals surface area contributed by atoms with Gasteiger partial charge in [0.2, 0.25) is 0 Å². The molecule has 0 atom stereocenters. The molecule has 8 heteroatoms. The maximum absolute atomic E-state index is 12.9. The van der Waals surface area contributed by atoms with Gasteiger partial charge in [-0.05, 0) is 6.07 Å². The fourth-order valence-electron chi connectivity index (χ4n) is 3.18. The molecule has 0 N–H and O–H groups in total. The third-order valence-corrected chi connectivity index (χ3v) is 5.64. The lowest BCUT2D eigenvalue weighted by atomic mass is 10.2. The SMILES string of the molecule is CN(C)c1ccnc2sc3c(=O)n(CCN4CCOCC4)cnc3c12. The van der Waals surface area contributed by atoms with Crippen molar-refractivity contribution < 1.29 is 4.74 Å². The smallest absolute Gasteiger partial charge is 0.271 e. The van der Waals surface area contributed by atoms with Crippen LogP contribution in [0.1, 0.15) is 0 Å². The second-order valence-corrected chi connectivity index (χ2v) is 7.38. The number of pyridine rings is 1. The van der Waals surface area contributed by atoms with Gasteiger partial charge in [0.15, 0.2) is 0 Å². The molecule has 7 nitrogen and oxygen atoms in total. The minimum atomic E-state index is 0.0194. The van der Waals surface area contributed by atoms with Gasteiger partial charge in [-0.15, -0.1) is 11.3 Å². The topological polar surface area (TPSA) is 63.5 Å². The monoisotopic (exact) mass is 359 g/mol. The molecule has 0 radical (unpaired) electrons. The second-order valence-electron chi connectivity index (χ2n) is 6.38. The Morgan fingerprint density at radius 1 is 1.24 bits per heavy atom. The number of ether oxygens (including phenoxy) is 1. The number of fused-ring (bicyclic) bond motifs is 3. The van der Waals surface area contributed by atoms with Crippen LogP contribution in [0.15, 0.2) is 23.4 Å². The zero-order chi connectivity index (χ0) is 17.4. The lowest BCUT2D eigenvalue weighted by molar-refractivity contribution is 0.0362. The second kappa shape index (κ2) is 6.70. The Hall–Kier alpha value is -2.03. The maximum Gasteiger partial charge on any atom is 0.271 e. The molecule has 1 saturated heterocycles. The number of morpholine rings is 1. The summed E-state index contributed by atoms with van der Waals surface area (Å²) < 4.78 is 7.76. The van der Waals surface area contributed by atoms with Crippen molar-refractivity contribution >= 4 is 37.5 Å². The van der Waals surface area contributed by atoms with Gasteiger partial charge in [-0.25, -0.2) is 9.97 Å². The van der Waals surface area contributed by atoms with Crippen molar-refractivity contribution in [2.45, 2.75) is 6.54 Å². The van der Waals surface area contributed by atoms with Gasteiger partial charge in [0.1, 0.15) is 9.53 Å². The quantitative estimate of drug-likeness (QED) is 0.702. The number of thiophene rings is 1. The van der Waals surface area contributed by atoms with Crippen molar-refractivity contribution in [1.29, 1.82) is 0 Å². The van der Waals surface area contributed by atoms with Gasteiger partial charge in [-0.2, -0.15) is 0 Å². The first-order chi connectivity index (χ1) is 12.1. The molecule has 25 heavy (non-hydrogen) atoms. The highest BCUT2D eigenvalue weighted by atomic mass is 32.1. The highest BCUT2D eigenvalue weighted by Crippen LogP contribution is 2.34. The minimum Gasteiger partial charge on any atom is -0.379 e. The Balaban J connectivity index is 1.71. The number of hydrogen-bond donors (Lipinski definition) is 0. The zero-order valence-electron chi connectivity index (χ0n) is 14.4. The molecule has 0 unspecified atom stereocenters. The molecule has 0 bridgehead atoms. The fourth-order valence-corrected chi connectivity index (χ4v) is 4.24. The molecule has 4 heterocycles. The van der Waals surface area contributed by atoms with E-state index in [9.17, 15) is 4.79 Å². The largest absolute Gasteiger partial charge is 0.379 e. The minimum absolute atomic E-state index is 0.0194. The van der Waals surface area contributed by atoms with Crippen LogP contribution >= 0.6 is 11.3 Å². The molecule has 0 amide bonds. The highest BCUT2D eigenvalue weighted by molar-refractivity contribution is 7.25. The summed E-state index contributed by atoms with van der Waals surface area (Å²) in [6, 6.07) is 1.96. The van der Waals surface area contributed by atoms with Gasteiger partial charge in [0, 0.05) is 46.5 Å². The lowest BCUT2D eigenvalue weighted by Gasteiger charge is -2.26. The molecule has 0 aromatic carbocycles. The van der Waals surface area contributed by atoms with Crippen LogP contribution in [0, 0.1) is 0 Å². The number of anilines is 1. The molecular formula is C17H21N5O2S. The zero-order valence-corrected chi connectivity index (χ0v) is 15.3. The molecule has 3 aromatic rings. The number of aromatic nitrogens is 3. The van der Waals surface area contributed by atoms with Crippen molar-refractivity contribution in [2.24, 2.45) is 0 Å². The fraction of sp³-hybridized carbons (Fsp3) is 0.471. The molecule has 4 rings (SSSR count). The van der Waals surface area contributed by atoms with Crippen LogP contribution in [0.4, 0.5) is 5.69 Å². The summed E-state index contributed by atoms with van der Waals surface area (Å²) in [6.45, 7) is 4.85. The van der Waals surface area contributed by atoms with E-state index in [0.29, 0.717) is 11.2 Å². The maximum atomic E-state index is 12.9. The summed E-state index contributed by atoms with van der Waals surface area (Å²) in [6.07, 6.45) is 3.45. The number of hydrogen-bond acceptors (Lipinski definition) is 7. The van der Waals surface area contributed by atoms with Crippen LogP contribution in [-0.4, -0.2) is 66.4 Å². The van der Waals surface area contributed by atoms with Crippen LogP contribution < -0.4 is 10.5 Å². The lowest BCUT2D eigenvalue weighted by Crippen LogP contribution is -2.39. The summed E-state index contributed by atoms with van der Waals surface area (Å²) >= 11 is 1.43. The van der Waals surface area contributed by atoms with Gasteiger partial charge in [0.25, 0.3) is 5.56 Å². The summed E-state index contributed by atoms with van der Waals surface area (Å²) in [7, 11) is 3.98. The van der Waals surface area contributed by atoms with E-state index in [-0.39, 0.29) is 5.56 Å². The van der Waals surface area contributed by atoms with Crippen molar-refractivity contribution in [3.63, 3.8) is 0 Å². The molecular weight excluding hydrogens is 338 g/mol. The molecule has 0 aliphatic carbocycles. The van der Waals surface area contributed by atoms with Gasteiger partial charge in [0.05, 0.1) is 36.1 Å². The molecule has 132 valence electrons. The molecule has 1 aliphatic heterocycles. The molecule has 0 spiro atoms. The normalized spacial score (nSPS) is 15.9. The van der Waals surface area contributed by atoms with Crippen molar-refractivity contribution in [1.82, 2.24) is 19.4 Å². The van der Waals surface area contributed by atoms with Crippen molar-refractivity contribution in [3.8, 4) is 0 Å². The summed E-state index contributed by atoms with van der Waals surface area (Å²) in [4.78, 5) is 27.1. The van der Waals surface area contributed by atoms with Gasteiger partial charge < -0.3 is 9.64 Å². The molecule has 0 saturated carbocycles. The molecule has 3 aromatic heterocycles. The van der Waals surface area contributed by atoms with Gasteiger partial charge >= 0.3 is 0 Å². The van der Waals surface area contributed by atoms with Crippen LogP contribution in [0.5, 0.6) is 0 Å². The molecule has 1 fully saturated rings. The van der Waals surface area contributed by atoms with Crippen molar-refractivity contribution in [2.75, 3.05) is 51.8 Å². The first-order valence-electron chi connectivity index (χ1n) is 8.39. The van der Waals surface area contributed by atoms with Crippen LogP contribution in [0.2, 0.25) is 0 Å². The Labute approximate surface area is 149 Å². The third-order valence-electron chi connectivity index (χ3n) is 4.57. The van der Waals surface area contributed by atoms with E-state index in [1.807, 2.05) is 25.1 Å². The van der Waals surface area contributed by atoms with E-state index < -0.39 is 0 Å². The van der Waals surface area contributed by atoms with Crippen LogP contribution in [0.25, 0.3) is 20.4 Å². The van der Waals surface area contributed by atoms with E-state index in [1.54, 1.807) is 17.1 Å². The van der Waals surface area contributed by atoms with Crippen LogP contribution in [0.3, 0.4) is 0 Å². The third kappa shape index (κ3) is 3.01. The van der Waals surface area contributed by atoms with E-state index in [2.05, 4.69) is 14.9 Å². The predicted octanol–water partition coefficient (Wildman–Crippen LogP) is 1.40. The average Bonchev–Trinajstić information content (AvgIpc) is 3.01. The Morgan fingerprint density at radius 3 is 2.80 bits per heavy atom. The Kier molecular flexibility index (Phi) is 4.41. The average molecular weight is 359 g/mol. The van der Waals surface area contributed by atoms with E-state index >= 15 is 0 Å². The van der Waals surface area contributed by atoms with E-state index in [4.69, 9.17) is 4.74 Å². The van der Waals surface area contributed by atoms with Crippen molar-refractivity contribution in [3.05, 3.63) is 28.9 Å². The summed E-state index contributed by atoms with van der Waals surface area (Å²) in [5, 5.41) is 0.963.